The number of benzene rings is 1. The first-order chi connectivity index (χ1) is 15.4. The van der Waals surface area contributed by atoms with Gasteiger partial charge in [0.2, 0.25) is 21.1 Å². The van der Waals surface area contributed by atoms with Crippen molar-refractivity contribution in [1.82, 2.24) is 19.4 Å². The molecule has 32 heavy (non-hydrogen) atoms. The third kappa shape index (κ3) is 5.59. The first-order valence-corrected chi connectivity index (χ1v) is 13.9. The summed E-state index contributed by atoms with van der Waals surface area (Å²) in [6.45, 7) is 0.831. The number of nitrogens with one attached hydrogen (secondary N) is 1. The first kappa shape index (κ1) is 23.4. The number of sulfonamides is 1. The van der Waals surface area contributed by atoms with Crippen molar-refractivity contribution < 1.29 is 17.6 Å². The Morgan fingerprint density at radius 3 is 2.56 bits per heavy atom. The van der Waals surface area contributed by atoms with Crippen molar-refractivity contribution in [1.29, 1.82) is 0 Å². The highest BCUT2D eigenvalue weighted by molar-refractivity contribution is 8.01. The smallest absolute Gasteiger partial charge is 0.246 e. The average molecular weight is 500 g/mol. The highest BCUT2D eigenvalue weighted by Gasteiger charge is 2.31. The van der Waals surface area contributed by atoms with E-state index in [4.69, 9.17) is 0 Å². The second-order valence-corrected chi connectivity index (χ2v) is 12.0. The summed E-state index contributed by atoms with van der Waals surface area (Å²) in [5, 5.41) is 12.6. The van der Waals surface area contributed by atoms with Crippen LogP contribution in [0.15, 0.2) is 33.5 Å². The van der Waals surface area contributed by atoms with Crippen molar-refractivity contribution in [3.63, 3.8) is 0 Å². The fourth-order valence-corrected chi connectivity index (χ4v) is 7.15. The molecule has 0 atom stereocenters. The van der Waals surface area contributed by atoms with Gasteiger partial charge in [0.25, 0.3) is 0 Å². The number of halogens is 1. The number of carbonyl (C=O) groups is 1. The molecule has 1 aliphatic carbocycles. The van der Waals surface area contributed by atoms with E-state index < -0.39 is 15.8 Å². The summed E-state index contributed by atoms with van der Waals surface area (Å²) in [5.74, 6) is -0.621. The lowest BCUT2D eigenvalue weighted by Gasteiger charge is -2.34. The summed E-state index contributed by atoms with van der Waals surface area (Å²) >= 11 is 2.80. The Balaban J connectivity index is 1.25. The molecule has 8 nitrogen and oxygen atoms in total. The van der Waals surface area contributed by atoms with Crippen molar-refractivity contribution in [2.45, 2.75) is 47.4 Å². The lowest BCUT2D eigenvalue weighted by molar-refractivity contribution is -0.129. The Bertz CT molecular complexity index is 1030. The van der Waals surface area contributed by atoms with E-state index in [2.05, 4.69) is 15.5 Å². The molecule has 1 saturated heterocycles. The lowest BCUT2D eigenvalue weighted by atomic mass is 9.96. The maximum Gasteiger partial charge on any atom is 0.246 e. The molecule has 1 aliphatic heterocycles. The Labute approximate surface area is 195 Å². The largest absolute Gasteiger partial charge is 0.357 e. The van der Waals surface area contributed by atoms with Gasteiger partial charge >= 0.3 is 0 Å². The van der Waals surface area contributed by atoms with E-state index in [-0.39, 0.29) is 42.7 Å². The Kier molecular flexibility index (Phi) is 7.64. The molecule has 4 rings (SSSR count). The van der Waals surface area contributed by atoms with E-state index >= 15 is 0 Å². The maximum absolute atomic E-state index is 14.0. The van der Waals surface area contributed by atoms with Crippen LogP contribution in [0.5, 0.6) is 0 Å². The fraction of sp³-hybridized carbons (Fsp3) is 0.550. The number of rotatable bonds is 7. The Morgan fingerprint density at radius 1 is 1.12 bits per heavy atom. The van der Waals surface area contributed by atoms with Gasteiger partial charge in [-0.2, -0.15) is 4.31 Å². The molecule has 2 aromatic rings. The Morgan fingerprint density at radius 2 is 1.84 bits per heavy atom. The summed E-state index contributed by atoms with van der Waals surface area (Å²) in [6.07, 6.45) is 6.07. The minimum absolute atomic E-state index is 0.0741. The second kappa shape index (κ2) is 10.4. The van der Waals surface area contributed by atoms with E-state index in [1.807, 2.05) is 0 Å². The van der Waals surface area contributed by atoms with Crippen molar-refractivity contribution in [3.8, 4) is 0 Å². The summed E-state index contributed by atoms with van der Waals surface area (Å²) in [5.41, 5.74) is 0. The average Bonchev–Trinajstić information content (AvgIpc) is 3.25. The molecule has 2 fully saturated rings. The van der Waals surface area contributed by atoms with Crippen molar-refractivity contribution in [3.05, 3.63) is 30.1 Å². The van der Waals surface area contributed by atoms with Crippen LogP contribution in [-0.4, -0.2) is 71.7 Å². The van der Waals surface area contributed by atoms with Gasteiger partial charge in [-0.25, -0.2) is 12.8 Å². The van der Waals surface area contributed by atoms with E-state index in [9.17, 15) is 17.6 Å². The van der Waals surface area contributed by atoms with E-state index in [1.165, 1.54) is 64.9 Å². The molecule has 1 amide bonds. The number of carbonyl (C=O) groups excluding carboxylic acids is 1. The number of hydrogen-bond acceptors (Lipinski definition) is 8. The normalized spacial score (nSPS) is 18.6. The monoisotopic (exact) mass is 499 g/mol. The Hall–Kier alpha value is -1.76. The van der Waals surface area contributed by atoms with E-state index in [0.717, 1.165) is 28.4 Å². The van der Waals surface area contributed by atoms with E-state index in [0.29, 0.717) is 6.04 Å². The molecule has 2 heterocycles. The van der Waals surface area contributed by atoms with Crippen LogP contribution < -0.4 is 5.32 Å². The van der Waals surface area contributed by atoms with Crippen LogP contribution in [0.3, 0.4) is 0 Å². The van der Waals surface area contributed by atoms with Gasteiger partial charge in [-0.3, -0.25) is 4.79 Å². The van der Waals surface area contributed by atoms with Gasteiger partial charge in [-0.05, 0) is 25.0 Å². The minimum atomic E-state index is -3.92. The van der Waals surface area contributed by atoms with Crippen molar-refractivity contribution >= 4 is 44.2 Å². The third-order valence-corrected chi connectivity index (χ3v) is 9.61. The molecule has 12 heteroatoms. The van der Waals surface area contributed by atoms with Crippen LogP contribution in [-0.2, 0) is 14.8 Å². The predicted molar refractivity (Wildman–Crippen MR) is 123 cm³/mol. The predicted octanol–water partition coefficient (Wildman–Crippen LogP) is 3.05. The number of piperazine rings is 1. The molecular formula is C20H26FN5O3S3. The van der Waals surface area contributed by atoms with Gasteiger partial charge in [0, 0.05) is 32.2 Å². The molecule has 1 N–H and O–H groups in total. The molecule has 1 aromatic carbocycles. The molecule has 0 unspecified atom stereocenters. The summed E-state index contributed by atoms with van der Waals surface area (Å²) in [7, 11) is -3.92. The molecule has 1 saturated carbocycles. The standard InChI is InChI=1S/C20H26FN5O3S3/c21-16-8-4-5-9-17(16)32(28,29)26-12-10-25(11-13-26)18(27)14-30-20-24-23-19(31-20)22-15-6-2-1-3-7-15/h4-5,8-9,15H,1-3,6-7,10-14H2,(H,22,23). The second-order valence-electron chi connectivity index (χ2n) is 7.86. The zero-order valence-electron chi connectivity index (χ0n) is 17.6. The van der Waals surface area contributed by atoms with Crippen molar-refractivity contribution in [2.75, 3.05) is 37.2 Å². The zero-order valence-corrected chi connectivity index (χ0v) is 20.0. The fourth-order valence-electron chi connectivity index (χ4n) is 3.93. The van der Waals surface area contributed by atoms with Gasteiger partial charge in [-0.1, -0.05) is 54.5 Å². The van der Waals surface area contributed by atoms with Crippen LogP contribution in [0.4, 0.5) is 9.52 Å². The lowest BCUT2D eigenvalue weighted by Crippen LogP contribution is -2.51. The summed E-state index contributed by atoms with van der Waals surface area (Å²) in [4.78, 5) is 13.9. The van der Waals surface area contributed by atoms with Gasteiger partial charge in [0.05, 0.1) is 5.75 Å². The number of anilines is 1. The number of amides is 1. The molecule has 0 spiro atoms. The highest BCUT2D eigenvalue weighted by Crippen LogP contribution is 2.29. The number of nitrogens with zero attached hydrogens (tertiary/aromatic N) is 4. The van der Waals surface area contributed by atoms with Crippen LogP contribution in [0, 0.1) is 5.82 Å². The molecular weight excluding hydrogens is 473 g/mol. The quantitative estimate of drug-likeness (QED) is 0.585. The third-order valence-electron chi connectivity index (χ3n) is 5.70. The molecule has 0 bridgehead atoms. The highest BCUT2D eigenvalue weighted by atomic mass is 32.2. The summed E-state index contributed by atoms with van der Waals surface area (Å²) < 4.78 is 41.3. The maximum atomic E-state index is 14.0. The van der Waals surface area contributed by atoms with Gasteiger partial charge in [0.1, 0.15) is 10.7 Å². The number of thioether (sulfide) groups is 1. The SMILES string of the molecule is O=C(CSc1nnc(NC2CCCCC2)s1)N1CCN(S(=O)(=O)c2ccccc2F)CC1. The first-order valence-electron chi connectivity index (χ1n) is 10.7. The van der Waals surface area contributed by atoms with Crippen LogP contribution in [0.1, 0.15) is 32.1 Å². The van der Waals surface area contributed by atoms with Crippen LogP contribution in [0.2, 0.25) is 0 Å². The van der Waals surface area contributed by atoms with Gasteiger partial charge in [-0.15, -0.1) is 10.2 Å². The number of hydrogen-bond donors (Lipinski definition) is 1. The topological polar surface area (TPSA) is 95.5 Å². The molecule has 1 aromatic heterocycles. The van der Waals surface area contributed by atoms with Crippen molar-refractivity contribution in [2.24, 2.45) is 0 Å². The van der Waals surface area contributed by atoms with Gasteiger partial charge in [0.15, 0.2) is 4.34 Å². The minimum Gasteiger partial charge on any atom is -0.357 e. The molecule has 174 valence electrons. The summed E-state index contributed by atoms with van der Waals surface area (Å²) in [6, 6.07) is 5.80. The van der Waals surface area contributed by atoms with Crippen LogP contribution in [0.25, 0.3) is 0 Å². The van der Waals surface area contributed by atoms with Crippen LogP contribution >= 0.6 is 23.1 Å². The number of aromatic nitrogens is 2. The zero-order chi connectivity index (χ0) is 22.6. The van der Waals surface area contributed by atoms with Gasteiger partial charge < -0.3 is 10.2 Å². The molecule has 0 radical (unpaired) electrons. The molecule has 2 aliphatic rings. The van der Waals surface area contributed by atoms with E-state index in [1.54, 1.807) is 4.90 Å².